The number of rotatable bonds is 3. The molecule has 0 aromatic heterocycles. The number of nitro benzene ring substituents is 1. The molecule has 0 heterocycles. The Kier molecular flexibility index (Phi) is 4.34. The van der Waals surface area contributed by atoms with Crippen molar-refractivity contribution >= 4 is 11.6 Å². The Balaban J connectivity index is 2.11. The first kappa shape index (κ1) is 14.5. The highest BCUT2D eigenvalue weighted by atomic mass is 16.6. The minimum atomic E-state index is -0.467. The average molecular weight is 277 g/mol. The van der Waals surface area contributed by atoms with Crippen LogP contribution in [0.2, 0.25) is 0 Å². The number of nitrogens with two attached hydrogens (primary N) is 1. The first-order valence-corrected chi connectivity index (χ1v) is 6.80. The zero-order valence-corrected chi connectivity index (χ0v) is 11.5. The van der Waals surface area contributed by atoms with Gasteiger partial charge in [0.1, 0.15) is 0 Å². The van der Waals surface area contributed by atoms with E-state index in [1.165, 1.54) is 18.2 Å². The molecular formula is C14H19N3O3. The lowest BCUT2D eigenvalue weighted by molar-refractivity contribution is -0.384. The van der Waals surface area contributed by atoms with E-state index in [4.69, 9.17) is 5.73 Å². The number of aryl methyl sites for hydroxylation is 1. The van der Waals surface area contributed by atoms with Crippen molar-refractivity contribution in [2.24, 2.45) is 5.73 Å². The second-order valence-corrected chi connectivity index (χ2v) is 5.28. The molecule has 0 radical (unpaired) electrons. The zero-order valence-electron chi connectivity index (χ0n) is 11.5. The molecule has 1 saturated carbocycles. The van der Waals surface area contributed by atoms with Gasteiger partial charge in [-0.1, -0.05) is 12.8 Å². The predicted octanol–water partition coefficient (Wildman–Crippen LogP) is 1.90. The number of carbonyl (C=O) groups excluding carboxylic acids is 1. The Bertz CT molecular complexity index is 530. The molecule has 2 atom stereocenters. The van der Waals surface area contributed by atoms with E-state index in [0.717, 1.165) is 25.7 Å². The van der Waals surface area contributed by atoms with E-state index in [-0.39, 0.29) is 23.7 Å². The normalized spacial score (nSPS) is 22.3. The van der Waals surface area contributed by atoms with Crippen molar-refractivity contribution in [3.63, 3.8) is 0 Å². The van der Waals surface area contributed by atoms with Crippen LogP contribution in [-0.4, -0.2) is 22.9 Å². The summed E-state index contributed by atoms with van der Waals surface area (Å²) < 4.78 is 0. The van der Waals surface area contributed by atoms with Crippen molar-refractivity contribution in [3.05, 3.63) is 39.4 Å². The summed E-state index contributed by atoms with van der Waals surface area (Å²) in [7, 11) is 0. The van der Waals surface area contributed by atoms with Gasteiger partial charge < -0.3 is 11.1 Å². The number of carbonyl (C=O) groups is 1. The molecule has 1 aliphatic rings. The molecule has 1 aromatic rings. The van der Waals surface area contributed by atoms with E-state index in [9.17, 15) is 14.9 Å². The van der Waals surface area contributed by atoms with Gasteiger partial charge in [-0.2, -0.15) is 0 Å². The summed E-state index contributed by atoms with van der Waals surface area (Å²) in [6.45, 7) is 1.70. The van der Waals surface area contributed by atoms with E-state index < -0.39 is 4.92 Å². The molecule has 20 heavy (non-hydrogen) atoms. The maximum Gasteiger partial charge on any atom is 0.269 e. The zero-order chi connectivity index (χ0) is 14.7. The fourth-order valence-electron chi connectivity index (χ4n) is 2.60. The fourth-order valence-corrected chi connectivity index (χ4v) is 2.60. The Morgan fingerprint density at radius 3 is 2.70 bits per heavy atom. The second kappa shape index (κ2) is 6.00. The molecule has 1 fully saturated rings. The van der Waals surface area contributed by atoms with Gasteiger partial charge in [0, 0.05) is 29.8 Å². The van der Waals surface area contributed by atoms with Crippen LogP contribution in [0.3, 0.4) is 0 Å². The minimum Gasteiger partial charge on any atom is -0.348 e. The van der Waals surface area contributed by atoms with Gasteiger partial charge in [-0.25, -0.2) is 0 Å². The third kappa shape index (κ3) is 3.14. The topological polar surface area (TPSA) is 98.3 Å². The molecule has 1 amide bonds. The highest BCUT2D eigenvalue weighted by Crippen LogP contribution is 2.20. The second-order valence-electron chi connectivity index (χ2n) is 5.28. The van der Waals surface area contributed by atoms with Crippen LogP contribution in [-0.2, 0) is 0 Å². The van der Waals surface area contributed by atoms with E-state index in [0.29, 0.717) is 11.1 Å². The third-order valence-electron chi connectivity index (χ3n) is 3.80. The standard InChI is InChI=1S/C14H19N3O3/c1-9-8-10(17(19)20)6-7-11(9)14(18)16-13-5-3-2-4-12(13)15/h6-8,12-13H,2-5,15H2,1H3,(H,16,18). The van der Waals surface area contributed by atoms with Crippen molar-refractivity contribution in [1.29, 1.82) is 0 Å². The quantitative estimate of drug-likeness (QED) is 0.651. The molecule has 2 unspecified atom stereocenters. The Morgan fingerprint density at radius 1 is 1.40 bits per heavy atom. The number of hydrogen-bond acceptors (Lipinski definition) is 4. The summed E-state index contributed by atoms with van der Waals surface area (Å²) in [5.74, 6) is -0.209. The molecule has 1 aliphatic carbocycles. The number of non-ortho nitro benzene ring substituents is 1. The van der Waals surface area contributed by atoms with E-state index in [1.54, 1.807) is 6.92 Å². The number of nitrogens with one attached hydrogen (secondary N) is 1. The smallest absolute Gasteiger partial charge is 0.269 e. The van der Waals surface area contributed by atoms with Crippen molar-refractivity contribution in [2.75, 3.05) is 0 Å². The molecule has 0 spiro atoms. The molecule has 0 bridgehead atoms. The summed E-state index contributed by atoms with van der Waals surface area (Å²) in [6.07, 6.45) is 3.98. The number of benzene rings is 1. The van der Waals surface area contributed by atoms with Gasteiger partial charge in [0.25, 0.3) is 11.6 Å². The largest absolute Gasteiger partial charge is 0.348 e. The van der Waals surface area contributed by atoms with Crippen LogP contribution in [0, 0.1) is 17.0 Å². The highest BCUT2D eigenvalue weighted by molar-refractivity contribution is 5.96. The van der Waals surface area contributed by atoms with Gasteiger partial charge in [0.05, 0.1) is 4.92 Å². The van der Waals surface area contributed by atoms with Gasteiger partial charge in [-0.3, -0.25) is 14.9 Å². The third-order valence-corrected chi connectivity index (χ3v) is 3.80. The molecule has 2 rings (SSSR count). The molecule has 3 N–H and O–H groups in total. The summed E-state index contributed by atoms with van der Waals surface area (Å²) in [5, 5.41) is 13.6. The number of amides is 1. The molecular weight excluding hydrogens is 258 g/mol. The van der Waals surface area contributed by atoms with Gasteiger partial charge >= 0.3 is 0 Å². The molecule has 6 nitrogen and oxygen atoms in total. The number of nitro groups is 1. The molecule has 108 valence electrons. The molecule has 6 heteroatoms. The highest BCUT2D eigenvalue weighted by Gasteiger charge is 2.24. The van der Waals surface area contributed by atoms with Crippen LogP contribution in [0.25, 0.3) is 0 Å². The van der Waals surface area contributed by atoms with Crippen molar-refractivity contribution in [1.82, 2.24) is 5.32 Å². The van der Waals surface area contributed by atoms with Gasteiger partial charge in [-0.15, -0.1) is 0 Å². The summed E-state index contributed by atoms with van der Waals surface area (Å²) >= 11 is 0. The Labute approximate surface area is 117 Å². The lowest BCUT2D eigenvalue weighted by Crippen LogP contribution is -2.49. The summed E-state index contributed by atoms with van der Waals surface area (Å²) in [5.41, 5.74) is 7.06. The predicted molar refractivity (Wildman–Crippen MR) is 75.5 cm³/mol. The molecule has 0 aliphatic heterocycles. The first-order chi connectivity index (χ1) is 9.49. The summed E-state index contributed by atoms with van der Waals surface area (Å²) in [4.78, 5) is 22.4. The van der Waals surface area contributed by atoms with E-state index in [1.807, 2.05) is 0 Å². The van der Waals surface area contributed by atoms with Crippen molar-refractivity contribution < 1.29 is 9.72 Å². The van der Waals surface area contributed by atoms with Crippen LogP contribution in [0.4, 0.5) is 5.69 Å². The Hall–Kier alpha value is -1.95. The van der Waals surface area contributed by atoms with Gasteiger partial charge in [-0.05, 0) is 31.4 Å². The SMILES string of the molecule is Cc1cc([N+](=O)[O-])ccc1C(=O)NC1CCCCC1N. The van der Waals surface area contributed by atoms with Crippen LogP contribution in [0.1, 0.15) is 41.6 Å². The monoisotopic (exact) mass is 277 g/mol. The average Bonchev–Trinajstić information content (AvgIpc) is 2.41. The van der Waals surface area contributed by atoms with E-state index >= 15 is 0 Å². The van der Waals surface area contributed by atoms with Crippen molar-refractivity contribution in [3.8, 4) is 0 Å². The Morgan fingerprint density at radius 2 is 2.10 bits per heavy atom. The van der Waals surface area contributed by atoms with Crippen LogP contribution in [0.5, 0.6) is 0 Å². The minimum absolute atomic E-state index is 0.00609. The summed E-state index contributed by atoms with van der Waals surface area (Å²) in [6, 6.07) is 4.24. The van der Waals surface area contributed by atoms with E-state index in [2.05, 4.69) is 5.32 Å². The van der Waals surface area contributed by atoms with Crippen molar-refractivity contribution in [2.45, 2.75) is 44.7 Å². The maximum absolute atomic E-state index is 12.2. The lowest BCUT2D eigenvalue weighted by Gasteiger charge is -2.29. The fraction of sp³-hybridized carbons (Fsp3) is 0.500. The van der Waals surface area contributed by atoms with Crippen LogP contribution >= 0.6 is 0 Å². The molecule has 1 aromatic carbocycles. The first-order valence-electron chi connectivity index (χ1n) is 6.80. The van der Waals surface area contributed by atoms with Gasteiger partial charge in [0.2, 0.25) is 0 Å². The molecule has 0 saturated heterocycles. The van der Waals surface area contributed by atoms with Gasteiger partial charge in [0.15, 0.2) is 0 Å². The maximum atomic E-state index is 12.2. The number of hydrogen-bond donors (Lipinski definition) is 2. The van der Waals surface area contributed by atoms with Crippen LogP contribution in [0.15, 0.2) is 18.2 Å². The van der Waals surface area contributed by atoms with Crippen LogP contribution < -0.4 is 11.1 Å². The number of nitrogens with zero attached hydrogens (tertiary/aromatic N) is 1. The lowest BCUT2D eigenvalue weighted by atomic mass is 9.90.